The summed E-state index contributed by atoms with van der Waals surface area (Å²) < 4.78 is 16.4. The number of amides is 3. The largest absolute Gasteiger partial charge is 0.494 e. The van der Waals surface area contributed by atoms with Gasteiger partial charge in [0.15, 0.2) is 6.61 Å². The van der Waals surface area contributed by atoms with Gasteiger partial charge in [-0.2, -0.15) is 5.10 Å². The zero-order valence-corrected chi connectivity index (χ0v) is 20.5. The molecule has 3 amide bonds. The van der Waals surface area contributed by atoms with Gasteiger partial charge in [-0.05, 0) is 62.4 Å². The SMILES string of the molecule is CCOc1ccc(NC(=O)COc2ccccc2/C=N\NC(=O)C(=O)Nc2ccccc2OCC)cc1. The number of anilines is 2. The van der Waals surface area contributed by atoms with Crippen molar-refractivity contribution in [3.8, 4) is 17.2 Å². The molecule has 0 fully saturated rings. The molecule has 0 aliphatic rings. The van der Waals surface area contributed by atoms with Crippen molar-refractivity contribution >= 4 is 35.3 Å². The third-order valence-electron chi connectivity index (χ3n) is 4.74. The summed E-state index contributed by atoms with van der Waals surface area (Å²) in [6.45, 7) is 4.43. The molecule has 0 heterocycles. The number of carbonyl (C=O) groups is 3. The summed E-state index contributed by atoms with van der Waals surface area (Å²) in [5.74, 6) is -0.682. The van der Waals surface area contributed by atoms with E-state index in [4.69, 9.17) is 14.2 Å². The van der Waals surface area contributed by atoms with Crippen molar-refractivity contribution in [1.82, 2.24) is 5.43 Å². The minimum Gasteiger partial charge on any atom is -0.494 e. The average molecular weight is 505 g/mol. The summed E-state index contributed by atoms with van der Waals surface area (Å²) in [6, 6.07) is 20.6. The molecule has 0 atom stereocenters. The highest BCUT2D eigenvalue weighted by Crippen LogP contribution is 2.23. The van der Waals surface area contributed by atoms with Gasteiger partial charge in [0.1, 0.15) is 17.2 Å². The van der Waals surface area contributed by atoms with Crippen molar-refractivity contribution in [2.45, 2.75) is 13.8 Å². The second-order valence-electron chi connectivity index (χ2n) is 7.41. The van der Waals surface area contributed by atoms with Crippen LogP contribution in [0.15, 0.2) is 77.9 Å². The van der Waals surface area contributed by atoms with E-state index in [9.17, 15) is 14.4 Å². The van der Waals surface area contributed by atoms with Gasteiger partial charge in [0, 0.05) is 11.3 Å². The first-order valence-corrected chi connectivity index (χ1v) is 11.6. The standard InChI is InChI=1S/C27H28N4O6/c1-3-35-21-15-13-20(14-16-21)29-25(32)18-37-23-11-7-5-9-19(23)17-28-31-27(34)26(33)30-22-10-6-8-12-24(22)36-4-2/h5-17H,3-4,18H2,1-2H3,(H,29,32)(H,30,33)(H,31,34)/b28-17-. The lowest BCUT2D eigenvalue weighted by Crippen LogP contribution is -2.32. The van der Waals surface area contributed by atoms with Crippen LogP contribution in [0, 0.1) is 0 Å². The van der Waals surface area contributed by atoms with Gasteiger partial charge in [-0.15, -0.1) is 0 Å². The molecule has 10 nitrogen and oxygen atoms in total. The van der Waals surface area contributed by atoms with Crippen LogP contribution in [0.1, 0.15) is 19.4 Å². The van der Waals surface area contributed by atoms with E-state index in [1.807, 2.05) is 13.8 Å². The Morgan fingerprint density at radius 1 is 0.757 bits per heavy atom. The summed E-state index contributed by atoms with van der Waals surface area (Å²) in [5, 5.41) is 9.06. The first-order chi connectivity index (χ1) is 18.0. The Balaban J connectivity index is 1.52. The lowest BCUT2D eigenvalue weighted by molar-refractivity contribution is -0.136. The molecular formula is C27H28N4O6. The van der Waals surface area contributed by atoms with Crippen molar-refractivity contribution in [2.75, 3.05) is 30.5 Å². The van der Waals surface area contributed by atoms with Crippen LogP contribution in [0.4, 0.5) is 11.4 Å². The number of hydrogen-bond donors (Lipinski definition) is 3. The quantitative estimate of drug-likeness (QED) is 0.208. The fraction of sp³-hybridized carbons (Fsp3) is 0.185. The summed E-state index contributed by atoms with van der Waals surface area (Å²) >= 11 is 0. The molecule has 0 aliphatic carbocycles. The normalized spacial score (nSPS) is 10.4. The van der Waals surface area contributed by atoms with Crippen LogP contribution in [0.25, 0.3) is 0 Å². The smallest absolute Gasteiger partial charge is 0.329 e. The van der Waals surface area contributed by atoms with Crippen molar-refractivity contribution in [1.29, 1.82) is 0 Å². The predicted molar refractivity (Wildman–Crippen MR) is 140 cm³/mol. The number of benzene rings is 3. The van der Waals surface area contributed by atoms with Crippen LogP contribution in [0.5, 0.6) is 17.2 Å². The summed E-state index contributed by atoms with van der Waals surface area (Å²) in [6.07, 6.45) is 1.32. The zero-order valence-electron chi connectivity index (χ0n) is 20.5. The van der Waals surface area contributed by atoms with E-state index >= 15 is 0 Å². The van der Waals surface area contributed by atoms with Crippen LogP contribution in [0.3, 0.4) is 0 Å². The van der Waals surface area contributed by atoms with Gasteiger partial charge in [-0.1, -0.05) is 24.3 Å². The first-order valence-electron chi connectivity index (χ1n) is 11.6. The number of hydrazone groups is 1. The molecule has 3 aromatic rings. The number of para-hydroxylation sites is 3. The van der Waals surface area contributed by atoms with E-state index in [0.717, 1.165) is 0 Å². The van der Waals surface area contributed by atoms with Gasteiger partial charge in [-0.3, -0.25) is 14.4 Å². The number of carbonyl (C=O) groups excluding carboxylic acids is 3. The van der Waals surface area contributed by atoms with Crippen molar-refractivity contribution in [2.24, 2.45) is 5.10 Å². The third-order valence-corrected chi connectivity index (χ3v) is 4.74. The molecular weight excluding hydrogens is 476 g/mol. The molecule has 10 heteroatoms. The Morgan fingerprint density at radius 2 is 1.43 bits per heavy atom. The van der Waals surface area contributed by atoms with Crippen molar-refractivity contribution < 1.29 is 28.6 Å². The Bertz CT molecular complexity index is 1240. The molecule has 37 heavy (non-hydrogen) atoms. The molecule has 192 valence electrons. The molecule has 0 radical (unpaired) electrons. The van der Waals surface area contributed by atoms with Crippen molar-refractivity contribution in [3.05, 3.63) is 78.4 Å². The zero-order chi connectivity index (χ0) is 26.5. The lowest BCUT2D eigenvalue weighted by Gasteiger charge is -2.11. The maximum Gasteiger partial charge on any atom is 0.329 e. The van der Waals surface area contributed by atoms with Gasteiger partial charge >= 0.3 is 11.8 Å². The van der Waals surface area contributed by atoms with Gasteiger partial charge in [0.25, 0.3) is 5.91 Å². The van der Waals surface area contributed by atoms with Crippen LogP contribution in [-0.4, -0.2) is 43.8 Å². The second-order valence-corrected chi connectivity index (χ2v) is 7.41. The molecule has 0 unspecified atom stereocenters. The molecule has 0 bridgehead atoms. The summed E-state index contributed by atoms with van der Waals surface area (Å²) in [4.78, 5) is 36.7. The number of hydrogen-bond acceptors (Lipinski definition) is 7. The van der Waals surface area contributed by atoms with E-state index in [-0.39, 0.29) is 12.5 Å². The molecule has 3 rings (SSSR count). The average Bonchev–Trinajstić information content (AvgIpc) is 2.90. The predicted octanol–water partition coefficient (Wildman–Crippen LogP) is 3.59. The third kappa shape index (κ3) is 8.39. The van der Waals surface area contributed by atoms with E-state index in [2.05, 4.69) is 21.2 Å². The molecule has 0 saturated carbocycles. The Morgan fingerprint density at radius 3 is 2.16 bits per heavy atom. The molecule has 0 aliphatic heterocycles. The number of nitrogens with zero attached hydrogens (tertiary/aromatic N) is 1. The van der Waals surface area contributed by atoms with E-state index in [0.29, 0.717) is 47.4 Å². The molecule has 0 spiro atoms. The Labute approximate surface area is 214 Å². The minimum atomic E-state index is -0.962. The fourth-order valence-electron chi connectivity index (χ4n) is 3.10. The molecule has 0 saturated heterocycles. The topological polar surface area (TPSA) is 127 Å². The molecule has 3 N–H and O–H groups in total. The molecule has 3 aromatic carbocycles. The van der Waals surface area contributed by atoms with Gasteiger partial charge in [0.05, 0.1) is 25.1 Å². The van der Waals surface area contributed by atoms with E-state index in [1.54, 1.807) is 72.8 Å². The Hall–Kier alpha value is -4.86. The van der Waals surface area contributed by atoms with Gasteiger partial charge < -0.3 is 24.8 Å². The van der Waals surface area contributed by atoms with E-state index in [1.165, 1.54) is 6.21 Å². The maximum absolute atomic E-state index is 12.3. The van der Waals surface area contributed by atoms with E-state index < -0.39 is 11.8 Å². The second kappa shape index (κ2) is 13.9. The summed E-state index contributed by atoms with van der Waals surface area (Å²) in [7, 11) is 0. The number of nitrogens with one attached hydrogen (secondary N) is 3. The number of rotatable bonds is 11. The van der Waals surface area contributed by atoms with Gasteiger partial charge in [-0.25, -0.2) is 5.43 Å². The molecule has 0 aromatic heterocycles. The first kappa shape index (κ1) is 26.7. The van der Waals surface area contributed by atoms with Crippen LogP contribution < -0.4 is 30.3 Å². The highest BCUT2D eigenvalue weighted by molar-refractivity contribution is 6.39. The lowest BCUT2D eigenvalue weighted by atomic mass is 10.2. The van der Waals surface area contributed by atoms with Crippen molar-refractivity contribution in [3.63, 3.8) is 0 Å². The number of ether oxygens (including phenoxy) is 3. The summed E-state index contributed by atoms with van der Waals surface area (Å²) in [5.41, 5.74) is 3.65. The fourth-order valence-corrected chi connectivity index (χ4v) is 3.10. The van der Waals surface area contributed by atoms with Crippen LogP contribution in [0.2, 0.25) is 0 Å². The van der Waals surface area contributed by atoms with Crippen LogP contribution >= 0.6 is 0 Å². The highest BCUT2D eigenvalue weighted by atomic mass is 16.5. The highest BCUT2D eigenvalue weighted by Gasteiger charge is 2.15. The van der Waals surface area contributed by atoms with Crippen LogP contribution in [-0.2, 0) is 14.4 Å². The Kier molecular flexibility index (Phi) is 10.0. The maximum atomic E-state index is 12.3. The monoisotopic (exact) mass is 504 g/mol. The minimum absolute atomic E-state index is 0.244. The van der Waals surface area contributed by atoms with Gasteiger partial charge in [0.2, 0.25) is 0 Å².